The second-order valence-electron chi connectivity index (χ2n) is 17.6. The van der Waals surface area contributed by atoms with Crippen LogP contribution in [0.2, 0.25) is 0 Å². The van der Waals surface area contributed by atoms with Gasteiger partial charge >= 0.3 is 33.4 Å². The van der Waals surface area contributed by atoms with Crippen LogP contribution in [0.3, 0.4) is 0 Å². The number of anilines is 3. The Labute approximate surface area is 440 Å². The van der Waals surface area contributed by atoms with E-state index in [0.717, 1.165) is 23.2 Å². The highest BCUT2D eigenvalue weighted by Gasteiger charge is 2.52. The molecule has 3 fully saturated rings. The number of aliphatic hydroxyl groups excluding tert-OH is 2. The molecular weight excluding hydrogens is 1080 g/mol. The van der Waals surface area contributed by atoms with Gasteiger partial charge in [0.1, 0.15) is 60.6 Å². The summed E-state index contributed by atoms with van der Waals surface area (Å²) in [6.07, 6.45) is -12.3. The molecule has 2 amide bonds. The number of aromatic nitrogens is 6. The molecule has 10 atom stereocenters. The first-order valence-corrected chi connectivity index (χ1v) is 26.7. The van der Waals surface area contributed by atoms with E-state index in [4.69, 9.17) is 48.9 Å². The van der Waals surface area contributed by atoms with Crippen molar-refractivity contribution in [3.05, 3.63) is 101 Å². The Kier molecular flexibility index (Phi) is 18.9. The Balaban J connectivity index is 0.969. The number of nitrogens with zero attached hydrogens (tertiary/aromatic N) is 7. The van der Waals surface area contributed by atoms with E-state index < -0.39 is 114 Å². The van der Waals surface area contributed by atoms with Gasteiger partial charge in [-0.2, -0.15) is 4.98 Å². The van der Waals surface area contributed by atoms with E-state index in [1.165, 1.54) is 35.2 Å². The lowest BCUT2D eigenvalue weighted by molar-refractivity contribution is -0.160. The van der Waals surface area contributed by atoms with Crippen molar-refractivity contribution < 1.29 is 94.8 Å². The average Bonchev–Trinajstić information content (AvgIpc) is 4.19. The number of amides is 2. The number of nitrogens with one attached hydrogen (secondary N) is 2. The van der Waals surface area contributed by atoms with Crippen LogP contribution in [-0.4, -0.2) is 179 Å². The number of carbonyl (C=O) groups excluding carboxylic acids is 3. The van der Waals surface area contributed by atoms with Gasteiger partial charge in [-0.3, -0.25) is 32.4 Å². The van der Waals surface area contributed by atoms with Crippen molar-refractivity contribution in [3.63, 3.8) is 0 Å². The number of nitrogen functional groups attached to an aromatic ring is 2. The molecule has 3 aliphatic rings. The molecule has 3 saturated heterocycles. The second-order valence-corrected chi connectivity index (χ2v) is 20.3. The van der Waals surface area contributed by atoms with Gasteiger partial charge in [0.2, 0.25) is 5.91 Å². The maximum Gasteiger partial charge on any atom is 0.472 e. The standard InChI is InChI=1S/C44H54FN11O20P2/c45-26-5-1-24(2-6-26)17-32(57)51-27-7-3-25(4-8-27)18-70-44(62)52-28(19-69-16-13-54-11-14-68-15-12-54)42(60)75-36-29(73-41(34(36)58)56-23-50-33-38(47)48-22-49-39(33)56)21-72-78(66,67)76-37-30(20-71-77(63,64)65)74-40(35(37)59)55-10-9-31(46)53-43(55)61/h1-10,22-23,28-30,34-37,40-41,58-59H,11-21H2,(H,51,57)(H,52,62)(H,66,67)(H2,46,53,61)(H2,47,48,49)(H2,63,64,65)/t28?,29-,30-,34-,35-,36-,37-,40-,41-/m1/s1. The van der Waals surface area contributed by atoms with E-state index in [-0.39, 0.29) is 48.3 Å². The number of phosphoric ester groups is 2. The molecule has 0 radical (unpaired) electrons. The van der Waals surface area contributed by atoms with Gasteiger partial charge < -0.3 is 75.4 Å². The van der Waals surface area contributed by atoms with E-state index in [1.807, 2.05) is 4.90 Å². The summed E-state index contributed by atoms with van der Waals surface area (Å²) < 4.78 is 89.9. The zero-order valence-electron chi connectivity index (χ0n) is 40.8. The number of imidazole rings is 1. The smallest absolute Gasteiger partial charge is 0.455 e. The molecule has 0 aliphatic carbocycles. The highest BCUT2D eigenvalue weighted by Crippen LogP contribution is 2.50. The van der Waals surface area contributed by atoms with E-state index in [1.54, 1.807) is 24.3 Å². The lowest BCUT2D eigenvalue weighted by Crippen LogP contribution is -2.49. The third-order valence-corrected chi connectivity index (χ3v) is 13.6. The third kappa shape index (κ3) is 15.2. The maximum absolute atomic E-state index is 14.2. The minimum Gasteiger partial charge on any atom is -0.455 e. The van der Waals surface area contributed by atoms with E-state index in [0.29, 0.717) is 49.7 Å². The molecule has 3 aromatic heterocycles. The van der Waals surface area contributed by atoms with Crippen molar-refractivity contribution in [1.29, 1.82) is 0 Å². The zero-order valence-corrected chi connectivity index (χ0v) is 42.6. The molecule has 8 rings (SSSR count). The van der Waals surface area contributed by atoms with Crippen molar-refractivity contribution in [3.8, 4) is 0 Å². The van der Waals surface area contributed by atoms with Gasteiger partial charge in [0.05, 0.1) is 52.4 Å². The Morgan fingerprint density at radius 1 is 0.859 bits per heavy atom. The van der Waals surface area contributed by atoms with Gasteiger partial charge in [0.15, 0.2) is 36.1 Å². The summed E-state index contributed by atoms with van der Waals surface area (Å²) in [4.78, 5) is 101. The van der Waals surface area contributed by atoms with Crippen LogP contribution in [-0.2, 0) is 73.7 Å². The van der Waals surface area contributed by atoms with E-state index in [2.05, 4.69) is 35.1 Å². The summed E-state index contributed by atoms with van der Waals surface area (Å²) in [5, 5.41) is 28.3. The third-order valence-electron chi connectivity index (χ3n) is 12.1. The quantitative estimate of drug-likeness (QED) is 0.0221. The Hall–Kier alpha value is -6.45. The predicted octanol–water partition coefficient (Wildman–Crippen LogP) is -0.748. The number of nitrogens with two attached hydrogens (primary N) is 2. The first kappa shape index (κ1) is 57.7. The number of benzene rings is 2. The number of carbonyl (C=O) groups is 3. The number of morpholine rings is 1. The number of fused-ring (bicyclic) bond motifs is 1. The lowest BCUT2D eigenvalue weighted by atomic mass is 10.1. The van der Waals surface area contributed by atoms with Gasteiger partial charge in [-0.1, -0.05) is 24.3 Å². The van der Waals surface area contributed by atoms with Crippen LogP contribution in [0, 0.1) is 5.82 Å². The monoisotopic (exact) mass is 1140 g/mol. The van der Waals surface area contributed by atoms with Crippen LogP contribution < -0.4 is 27.8 Å². The molecule has 3 aliphatic heterocycles. The van der Waals surface area contributed by atoms with Crippen molar-refractivity contribution in [1.82, 2.24) is 39.3 Å². The van der Waals surface area contributed by atoms with Gasteiger partial charge in [0, 0.05) is 31.5 Å². The number of halogens is 1. The largest absolute Gasteiger partial charge is 0.472 e. The van der Waals surface area contributed by atoms with Crippen molar-refractivity contribution in [2.45, 2.75) is 68.1 Å². The zero-order chi connectivity index (χ0) is 55.7. The summed E-state index contributed by atoms with van der Waals surface area (Å²) in [6, 6.07) is 11.3. The summed E-state index contributed by atoms with van der Waals surface area (Å²) in [7, 11) is -10.7. The summed E-state index contributed by atoms with van der Waals surface area (Å²) >= 11 is 0. The fourth-order valence-electron chi connectivity index (χ4n) is 8.26. The molecule has 0 saturated carbocycles. The van der Waals surface area contributed by atoms with Crippen molar-refractivity contribution in [2.24, 2.45) is 0 Å². The van der Waals surface area contributed by atoms with E-state index >= 15 is 0 Å². The number of aliphatic hydroxyl groups is 2. The fraction of sp³-hybridized carbons (Fsp3) is 0.455. The van der Waals surface area contributed by atoms with Crippen LogP contribution in [0.5, 0.6) is 0 Å². The molecule has 2 aromatic carbocycles. The highest BCUT2D eigenvalue weighted by atomic mass is 31.2. The minimum atomic E-state index is -5.51. The number of esters is 1. The molecular formula is C44H54FN11O20P2. The number of hydrogen-bond acceptors (Lipinski definition) is 24. The van der Waals surface area contributed by atoms with Crippen molar-refractivity contribution >= 4 is 62.1 Å². The summed E-state index contributed by atoms with van der Waals surface area (Å²) in [5.41, 5.74) is 12.1. The van der Waals surface area contributed by atoms with Crippen LogP contribution in [0.4, 0.5) is 26.5 Å². The van der Waals surface area contributed by atoms with Crippen LogP contribution >= 0.6 is 15.6 Å². The number of hydrogen-bond donors (Lipinski definition) is 9. The molecule has 5 aromatic rings. The van der Waals surface area contributed by atoms with Crippen LogP contribution in [0.25, 0.3) is 11.2 Å². The molecule has 0 spiro atoms. The molecule has 6 heterocycles. The highest BCUT2D eigenvalue weighted by molar-refractivity contribution is 7.47. The molecule has 2 unspecified atom stereocenters. The summed E-state index contributed by atoms with van der Waals surface area (Å²) in [5.74, 6) is -2.28. The molecule has 422 valence electrons. The second kappa shape index (κ2) is 25.6. The first-order chi connectivity index (χ1) is 37.2. The Morgan fingerprint density at radius 3 is 2.23 bits per heavy atom. The maximum atomic E-state index is 14.2. The van der Waals surface area contributed by atoms with Gasteiger partial charge in [0.25, 0.3) is 0 Å². The summed E-state index contributed by atoms with van der Waals surface area (Å²) in [6.45, 7) is -0.191. The predicted molar refractivity (Wildman–Crippen MR) is 261 cm³/mol. The molecule has 0 bridgehead atoms. The van der Waals surface area contributed by atoms with Gasteiger partial charge in [-0.25, -0.2) is 42.9 Å². The average molecular weight is 1140 g/mol. The van der Waals surface area contributed by atoms with E-state index in [9.17, 15) is 57.6 Å². The van der Waals surface area contributed by atoms with Crippen LogP contribution in [0.1, 0.15) is 23.6 Å². The van der Waals surface area contributed by atoms with Gasteiger partial charge in [-0.05, 0) is 41.5 Å². The number of rotatable bonds is 23. The Morgan fingerprint density at radius 2 is 1.53 bits per heavy atom. The first-order valence-electron chi connectivity index (χ1n) is 23.7. The molecule has 34 heteroatoms. The minimum absolute atomic E-state index is 0.00946. The number of phosphoric acid groups is 2. The fourth-order valence-corrected chi connectivity index (χ4v) is 9.56. The molecule has 11 N–H and O–H groups in total. The topological polar surface area (TPSA) is 427 Å². The molecule has 31 nitrogen and oxygen atoms in total. The number of ether oxygens (including phenoxy) is 6. The number of alkyl carbamates (subject to hydrolysis) is 1. The normalized spacial score (nSPS) is 23.9. The Bertz CT molecular complexity index is 3040. The van der Waals surface area contributed by atoms with Crippen LogP contribution in [0.15, 0.2) is 78.2 Å². The van der Waals surface area contributed by atoms with Gasteiger partial charge in [-0.15, -0.1) is 0 Å². The van der Waals surface area contributed by atoms with Crippen molar-refractivity contribution in [2.75, 3.05) is 76.1 Å². The SMILES string of the molecule is Nc1ccn([C@@H]2O[C@H](COP(=O)(O)O)[C@@H](OP(=O)(O)OC[C@H]3O[C@@H](n4cnc5c(N)ncnc54)[C@H](O)[C@@H]3OC(=O)C(COCCN3CCOCC3)NC(=O)OCc3ccc(NC(=O)Cc4ccc(F)cc4)cc3)[C@H]2O)c(=O)n1. The molecule has 78 heavy (non-hydrogen) atoms. The lowest BCUT2D eigenvalue weighted by Gasteiger charge is -2.27.